The van der Waals surface area contributed by atoms with E-state index in [0.29, 0.717) is 6.61 Å². The van der Waals surface area contributed by atoms with Crippen molar-refractivity contribution in [3.8, 4) is 0 Å². The number of benzene rings is 1. The minimum atomic E-state index is -0.449. The molecule has 0 unspecified atom stereocenters. The first-order valence-electron chi connectivity index (χ1n) is 7.88. The van der Waals surface area contributed by atoms with Crippen molar-refractivity contribution >= 4 is 11.9 Å². The van der Waals surface area contributed by atoms with Gasteiger partial charge in [-0.15, -0.1) is 0 Å². The molecule has 1 aliphatic rings. The molecule has 1 fully saturated rings. The standard InChI is InChI=1S/C17H22FNO4/c1-2-22-17(21)12-19(11-13-5-7-14(18)8-6-13)16(20)10-15-4-3-9-23-15/h5-8,15H,2-4,9-12H2,1H3/t15-/m1/s1. The van der Waals surface area contributed by atoms with E-state index in [1.165, 1.54) is 17.0 Å². The lowest BCUT2D eigenvalue weighted by Crippen LogP contribution is -2.37. The van der Waals surface area contributed by atoms with Crippen LogP contribution in [-0.4, -0.2) is 42.6 Å². The molecule has 2 rings (SSSR count). The van der Waals surface area contributed by atoms with E-state index < -0.39 is 5.97 Å². The number of amides is 1. The van der Waals surface area contributed by atoms with Gasteiger partial charge in [-0.05, 0) is 37.5 Å². The van der Waals surface area contributed by atoms with Crippen molar-refractivity contribution in [3.63, 3.8) is 0 Å². The highest BCUT2D eigenvalue weighted by Crippen LogP contribution is 2.17. The van der Waals surface area contributed by atoms with Gasteiger partial charge < -0.3 is 14.4 Å². The minimum Gasteiger partial charge on any atom is -0.465 e. The summed E-state index contributed by atoms with van der Waals surface area (Å²) in [6.45, 7) is 2.79. The van der Waals surface area contributed by atoms with Gasteiger partial charge in [0.05, 0.1) is 19.1 Å². The highest BCUT2D eigenvalue weighted by atomic mass is 19.1. The number of hydrogen-bond donors (Lipinski definition) is 0. The van der Waals surface area contributed by atoms with Crippen LogP contribution >= 0.6 is 0 Å². The van der Waals surface area contributed by atoms with Crippen LogP contribution in [0.25, 0.3) is 0 Å². The van der Waals surface area contributed by atoms with Gasteiger partial charge in [-0.3, -0.25) is 9.59 Å². The number of ether oxygens (including phenoxy) is 2. The van der Waals surface area contributed by atoms with Gasteiger partial charge in [-0.2, -0.15) is 0 Å². The molecule has 23 heavy (non-hydrogen) atoms. The molecule has 0 spiro atoms. The van der Waals surface area contributed by atoms with Gasteiger partial charge in [-0.1, -0.05) is 12.1 Å². The van der Waals surface area contributed by atoms with Crippen LogP contribution < -0.4 is 0 Å². The molecule has 1 atom stereocenters. The van der Waals surface area contributed by atoms with Gasteiger partial charge in [0.15, 0.2) is 0 Å². The maximum absolute atomic E-state index is 13.0. The number of carbonyl (C=O) groups is 2. The van der Waals surface area contributed by atoms with Gasteiger partial charge in [-0.25, -0.2) is 4.39 Å². The Labute approximate surface area is 135 Å². The van der Waals surface area contributed by atoms with Gasteiger partial charge in [0.2, 0.25) is 5.91 Å². The average molecular weight is 323 g/mol. The van der Waals surface area contributed by atoms with Crippen molar-refractivity contribution in [2.24, 2.45) is 0 Å². The third-order valence-electron chi connectivity index (χ3n) is 3.69. The van der Waals surface area contributed by atoms with E-state index in [9.17, 15) is 14.0 Å². The summed E-state index contributed by atoms with van der Waals surface area (Å²) in [6, 6.07) is 5.88. The monoisotopic (exact) mass is 323 g/mol. The highest BCUT2D eigenvalue weighted by molar-refractivity contribution is 5.82. The van der Waals surface area contributed by atoms with Crippen LogP contribution in [0.1, 0.15) is 31.7 Å². The van der Waals surface area contributed by atoms with E-state index in [4.69, 9.17) is 9.47 Å². The second kappa shape index (κ2) is 8.62. The summed E-state index contributed by atoms with van der Waals surface area (Å²) in [5.74, 6) is -0.944. The molecule has 1 aliphatic heterocycles. The summed E-state index contributed by atoms with van der Waals surface area (Å²) in [5.41, 5.74) is 0.761. The molecule has 0 bridgehead atoms. The lowest BCUT2D eigenvalue weighted by atomic mass is 10.1. The van der Waals surface area contributed by atoms with E-state index in [1.54, 1.807) is 19.1 Å². The second-order valence-electron chi connectivity index (χ2n) is 5.52. The largest absolute Gasteiger partial charge is 0.465 e. The fraction of sp³-hybridized carbons (Fsp3) is 0.529. The molecule has 0 aliphatic carbocycles. The first kappa shape index (κ1) is 17.4. The zero-order valence-corrected chi connectivity index (χ0v) is 13.3. The average Bonchev–Trinajstić information content (AvgIpc) is 3.02. The van der Waals surface area contributed by atoms with Crippen LogP contribution in [0.3, 0.4) is 0 Å². The number of nitrogens with zero attached hydrogens (tertiary/aromatic N) is 1. The van der Waals surface area contributed by atoms with Crippen LogP contribution in [0.5, 0.6) is 0 Å². The summed E-state index contributed by atoms with van der Waals surface area (Å²) < 4.78 is 23.4. The van der Waals surface area contributed by atoms with E-state index in [0.717, 1.165) is 18.4 Å². The van der Waals surface area contributed by atoms with Gasteiger partial charge >= 0.3 is 5.97 Å². The zero-order valence-electron chi connectivity index (χ0n) is 13.3. The maximum atomic E-state index is 13.0. The number of esters is 1. The molecule has 0 N–H and O–H groups in total. The first-order chi connectivity index (χ1) is 11.1. The van der Waals surface area contributed by atoms with Gasteiger partial charge in [0.1, 0.15) is 12.4 Å². The number of halogens is 1. The van der Waals surface area contributed by atoms with E-state index in [2.05, 4.69) is 0 Å². The van der Waals surface area contributed by atoms with Crippen LogP contribution in [-0.2, 0) is 25.6 Å². The molecule has 6 heteroatoms. The Morgan fingerprint density at radius 3 is 2.70 bits per heavy atom. The van der Waals surface area contributed by atoms with Crippen LogP contribution in [0.15, 0.2) is 24.3 Å². The zero-order chi connectivity index (χ0) is 16.7. The quantitative estimate of drug-likeness (QED) is 0.723. The van der Waals surface area contributed by atoms with Crippen LogP contribution in [0.4, 0.5) is 4.39 Å². The Balaban J connectivity index is 2.01. The molecule has 1 amide bonds. The number of rotatable bonds is 7. The normalized spacial score (nSPS) is 17.0. The molecule has 0 saturated carbocycles. The Bertz CT molecular complexity index is 526. The van der Waals surface area contributed by atoms with Crippen molar-refractivity contribution < 1.29 is 23.5 Å². The van der Waals surface area contributed by atoms with Gasteiger partial charge in [0.25, 0.3) is 0 Å². The van der Waals surface area contributed by atoms with E-state index in [-0.39, 0.29) is 43.9 Å². The van der Waals surface area contributed by atoms with Crippen molar-refractivity contribution in [2.45, 2.75) is 38.8 Å². The van der Waals surface area contributed by atoms with Crippen LogP contribution in [0.2, 0.25) is 0 Å². The molecule has 0 aromatic heterocycles. The van der Waals surface area contributed by atoms with E-state index >= 15 is 0 Å². The fourth-order valence-corrected chi connectivity index (χ4v) is 2.53. The summed E-state index contributed by atoms with van der Waals surface area (Å²) in [7, 11) is 0. The third kappa shape index (κ3) is 5.63. The summed E-state index contributed by atoms with van der Waals surface area (Å²) >= 11 is 0. The topological polar surface area (TPSA) is 55.8 Å². The maximum Gasteiger partial charge on any atom is 0.325 e. The predicted molar refractivity (Wildman–Crippen MR) is 82.0 cm³/mol. The van der Waals surface area contributed by atoms with Gasteiger partial charge in [0, 0.05) is 13.2 Å². The molecule has 1 saturated heterocycles. The minimum absolute atomic E-state index is 0.0830. The molecule has 5 nitrogen and oxygen atoms in total. The third-order valence-corrected chi connectivity index (χ3v) is 3.69. The molecule has 1 heterocycles. The summed E-state index contributed by atoms with van der Waals surface area (Å²) in [6.07, 6.45) is 1.98. The predicted octanol–water partition coefficient (Wildman–Crippen LogP) is 2.29. The lowest BCUT2D eigenvalue weighted by molar-refractivity contribution is -0.150. The Hall–Kier alpha value is -1.95. The fourth-order valence-electron chi connectivity index (χ4n) is 2.53. The Morgan fingerprint density at radius 2 is 2.09 bits per heavy atom. The smallest absolute Gasteiger partial charge is 0.325 e. The molecular weight excluding hydrogens is 301 g/mol. The number of carbonyl (C=O) groups excluding carboxylic acids is 2. The molecule has 126 valence electrons. The Kier molecular flexibility index (Phi) is 6.52. The second-order valence-corrected chi connectivity index (χ2v) is 5.52. The SMILES string of the molecule is CCOC(=O)CN(Cc1ccc(F)cc1)C(=O)C[C@H]1CCCO1. The highest BCUT2D eigenvalue weighted by Gasteiger charge is 2.24. The first-order valence-corrected chi connectivity index (χ1v) is 7.88. The summed E-state index contributed by atoms with van der Waals surface area (Å²) in [4.78, 5) is 25.6. The van der Waals surface area contributed by atoms with Crippen LogP contribution in [0, 0.1) is 5.82 Å². The molecule has 1 aromatic rings. The molecule has 1 aromatic carbocycles. The van der Waals surface area contributed by atoms with Crippen molar-refractivity contribution in [1.82, 2.24) is 4.90 Å². The summed E-state index contributed by atoms with van der Waals surface area (Å²) in [5, 5.41) is 0. The molecule has 0 radical (unpaired) electrons. The van der Waals surface area contributed by atoms with Crippen molar-refractivity contribution in [2.75, 3.05) is 19.8 Å². The van der Waals surface area contributed by atoms with E-state index in [1.807, 2.05) is 0 Å². The van der Waals surface area contributed by atoms with Crippen molar-refractivity contribution in [1.29, 1.82) is 0 Å². The Morgan fingerprint density at radius 1 is 1.35 bits per heavy atom. The van der Waals surface area contributed by atoms with Crippen molar-refractivity contribution in [3.05, 3.63) is 35.6 Å². The number of hydrogen-bond acceptors (Lipinski definition) is 4. The molecular formula is C17H22FNO4. The lowest BCUT2D eigenvalue weighted by Gasteiger charge is -2.23.